The molecule has 0 unspecified atom stereocenters. The van der Waals surface area contributed by atoms with E-state index in [9.17, 15) is 14.7 Å². The van der Waals surface area contributed by atoms with Gasteiger partial charge in [0.25, 0.3) is 0 Å². The number of amides is 2. The third kappa shape index (κ3) is 5.37. The number of para-hydroxylation sites is 2. The summed E-state index contributed by atoms with van der Waals surface area (Å²) in [6.45, 7) is -0.124. The van der Waals surface area contributed by atoms with Crippen molar-refractivity contribution in [2.75, 3.05) is 18.9 Å². The van der Waals surface area contributed by atoms with Gasteiger partial charge in [0.1, 0.15) is 5.75 Å². The van der Waals surface area contributed by atoms with Gasteiger partial charge >= 0.3 is 0 Å². The van der Waals surface area contributed by atoms with Crippen LogP contribution in [0.3, 0.4) is 0 Å². The zero-order chi connectivity index (χ0) is 18.4. The Morgan fingerprint density at radius 1 is 1.08 bits per heavy atom. The molecule has 2 rings (SSSR count). The summed E-state index contributed by atoms with van der Waals surface area (Å²) in [4.78, 5) is 25.6. The number of aromatic hydroxyl groups is 1. The van der Waals surface area contributed by atoms with Crippen molar-refractivity contribution in [2.45, 2.75) is 12.8 Å². The third-order valence-electron chi connectivity index (χ3n) is 3.63. The van der Waals surface area contributed by atoms with Crippen LogP contribution < -0.4 is 5.32 Å². The first kappa shape index (κ1) is 19.1. The van der Waals surface area contributed by atoms with Crippen molar-refractivity contribution in [1.82, 2.24) is 4.90 Å². The van der Waals surface area contributed by atoms with Crippen LogP contribution in [0.5, 0.6) is 5.75 Å². The average Bonchev–Trinajstić information content (AvgIpc) is 2.57. The van der Waals surface area contributed by atoms with Gasteiger partial charge in [-0.15, -0.1) is 0 Å². The molecule has 2 amide bonds. The number of halogens is 2. The Morgan fingerprint density at radius 3 is 2.36 bits per heavy atom. The van der Waals surface area contributed by atoms with E-state index in [4.69, 9.17) is 23.2 Å². The highest BCUT2D eigenvalue weighted by Gasteiger charge is 2.15. The molecule has 2 aromatic rings. The maximum Gasteiger partial charge on any atom is 0.244 e. The van der Waals surface area contributed by atoms with E-state index in [1.807, 2.05) is 0 Å². The topological polar surface area (TPSA) is 69.6 Å². The summed E-state index contributed by atoms with van der Waals surface area (Å²) in [6, 6.07) is 11.8. The molecule has 0 spiro atoms. The Balaban J connectivity index is 1.88. The Bertz CT molecular complexity index is 760. The molecule has 0 heterocycles. The minimum atomic E-state index is -0.395. The van der Waals surface area contributed by atoms with Crippen LogP contribution in [0.1, 0.15) is 12.0 Å². The van der Waals surface area contributed by atoms with Gasteiger partial charge < -0.3 is 15.3 Å². The van der Waals surface area contributed by atoms with Crippen LogP contribution in [-0.4, -0.2) is 35.4 Å². The Hall–Kier alpha value is -2.24. The van der Waals surface area contributed by atoms with Crippen LogP contribution in [0, 0.1) is 0 Å². The van der Waals surface area contributed by atoms with Crippen molar-refractivity contribution in [3.05, 3.63) is 58.1 Å². The van der Waals surface area contributed by atoms with E-state index in [2.05, 4.69) is 5.32 Å². The lowest BCUT2D eigenvalue weighted by molar-refractivity contribution is -0.133. The second kappa shape index (κ2) is 8.74. The fourth-order valence-corrected chi connectivity index (χ4v) is 2.75. The summed E-state index contributed by atoms with van der Waals surface area (Å²) in [6.07, 6.45) is 0.585. The molecular formula is C18H18Cl2N2O3. The van der Waals surface area contributed by atoms with E-state index < -0.39 is 5.91 Å². The van der Waals surface area contributed by atoms with Gasteiger partial charge in [0, 0.05) is 13.5 Å². The molecule has 0 aromatic heterocycles. The van der Waals surface area contributed by atoms with E-state index in [1.54, 1.807) is 49.5 Å². The number of rotatable bonds is 6. The van der Waals surface area contributed by atoms with Crippen molar-refractivity contribution in [3.8, 4) is 5.75 Å². The monoisotopic (exact) mass is 380 g/mol. The number of phenols is 1. The Morgan fingerprint density at radius 2 is 1.72 bits per heavy atom. The first-order valence-corrected chi connectivity index (χ1v) is 8.38. The fraction of sp³-hybridized carbons (Fsp3) is 0.222. The van der Waals surface area contributed by atoms with Crippen molar-refractivity contribution >= 4 is 40.7 Å². The molecule has 2 N–H and O–H groups in total. The average molecular weight is 381 g/mol. The van der Waals surface area contributed by atoms with E-state index in [-0.39, 0.29) is 24.6 Å². The zero-order valence-electron chi connectivity index (χ0n) is 13.6. The third-order valence-corrected chi connectivity index (χ3v) is 4.26. The van der Waals surface area contributed by atoms with Gasteiger partial charge in [-0.3, -0.25) is 9.59 Å². The first-order valence-electron chi connectivity index (χ1n) is 7.63. The smallest absolute Gasteiger partial charge is 0.244 e. The van der Waals surface area contributed by atoms with Crippen LogP contribution in [0.2, 0.25) is 10.0 Å². The predicted octanol–water partition coefficient (Wildman–Crippen LogP) is 3.73. The second-order valence-electron chi connectivity index (χ2n) is 5.52. The number of carbonyl (C=O) groups is 2. The first-order chi connectivity index (χ1) is 11.9. The molecular weight excluding hydrogens is 363 g/mol. The second-order valence-corrected chi connectivity index (χ2v) is 6.34. The maximum absolute atomic E-state index is 12.2. The molecule has 0 bridgehead atoms. The number of anilines is 1. The summed E-state index contributed by atoms with van der Waals surface area (Å²) >= 11 is 12.0. The number of likely N-dealkylation sites (N-methyl/N-ethyl adjacent to an activating group) is 1. The standard InChI is InChI=1S/C18H18Cl2N2O3/c1-22(17(25)10-9-12-5-2-3-8-15(12)23)11-16(24)21-18-13(19)6-4-7-14(18)20/h2-8,23H,9-11H2,1H3,(H,21,24). The highest BCUT2D eigenvalue weighted by Crippen LogP contribution is 2.29. The largest absolute Gasteiger partial charge is 0.508 e. The summed E-state index contributed by atoms with van der Waals surface area (Å²) in [5.41, 5.74) is 1.02. The van der Waals surface area contributed by atoms with Crippen LogP contribution in [0.25, 0.3) is 0 Å². The van der Waals surface area contributed by atoms with Crippen molar-refractivity contribution in [2.24, 2.45) is 0 Å². The van der Waals surface area contributed by atoms with Crippen LogP contribution >= 0.6 is 23.2 Å². The molecule has 0 aliphatic carbocycles. The number of nitrogens with zero attached hydrogens (tertiary/aromatic N) is 1. The minimum Gasteiger partial charge on any atom is -0.508 e. The molecule has 0 saturated heterocycles. The number of hydrogen-bond donors (Lipinski definition) is 2. The van der Waals surface area contributed by atoms with Crippen molar-refractivity contribution in [3.63, 3.8) is 0 Å². The molecule has 132 valence electrons. The molecule has 0 aliphatic heterocycles. The van der Waals surface area contributed by atoms with Gasteiger partial charge in [0.15, 0.2) is 0 Å². The molecule has 7 heteroatoms. The van der Waals surface area contributed by atoms with Gasteiger partial charge in [-0.2, -0.15) is 0 Å². The molecule has 0 aliphatic rings. The van der Waals surface area contributed by atoms with E-state index in [0.29, 0.717) is 27.7 Å². The summed E-state index contributed by atoms with van der Waals surface area (Å²) < 4.78 is 0. The minimum absolute atomic E-state index is 0.124. The van der Waals surface area contributed by atoms with Gasteiger partial charge in [-0.25, -0.2) is 0 Å². The van der Waals surface area contributed by atoms with Crippen LogP contribution in [0.4, 0.5) is 5.69 Å². The number of benzene rings is 2. The molecule has 0 atom stereocenters. The van der Waals surface area contributed by atoms with E-state index in [0.717, 1.165) is 0 Å². The number of aryl methyl sites for hydroxylation is 1. The number of hydrogen-bond acceptors (Lipinski definition) is 3. The van der Waals surface area contributed by atoms with Crippen LogP contribution in [0.15, 0.2) is 42.5 Å². The Kier molecular flexibility index (Phi) is 6.67. The highest BCUT2D eigenvalue weighted by atomic mass is 35.5. The number of carbonyl (C=O) groups excluding carboxylic acids is 2. The maximum atomic E-state index is 12.2. The molecule has 0 saturated carbocycles. The molecule has 25 heavy (non-hydrogen) atoms. The van der Waals surface area contributed by atoms with Crippen molar-refractivity contribution < 1.29 is 14.7 Å². The lowest BCUT2D eigenvalue weighted by Gasteiger charge is -2.17. The number of phenolic OH excluding ortho intramolecular Hbond substituents is 1. The van der Waals surface area contributed by atoms with Gasteiger partial charge in [0.05, 0.1) is 22.3 Å². The lowest BCUT2D eigenvalue weighted by atomic mass is 10.1. The zero-order valence-corrected chi connectivity index (χ0v) is 15.1. The summed E-state index contributed by atoms with van der Waals surface area (Å²) in [5.74, 6) is -0.443. The normalized spacial score (nSPS) is 10.4. The molecule has 2 aromatic carbocycles. The van der Waals surface area contributed by atoms with Crippen molar-refractivity contribution in [1.29, 1.82) is 0 Å². The predicted molar refractivity (Wildman–Crippen MR) is 99.2 cm³/mol. The van der Waals surface area contributed by atoms with E-state index >= 15 is 0 Å². The Labute approximate surface area is 156 Å². The fourth-order valence-electron chi connectivity index (χ4n) is 2.25. The van der Waals surface area contributed by atoms with Gasteiger partial charge in [-0.1, -0.05) is 47.5 Å². The highest BCUT2D eigenvalue weighted by molar-refractivity contribution is 6.39. The molecule has 0 fully saturated rings. The summed E-state index contributed by atoms with van der Waals surface area (Å²) in [5, 5.41) is 13.0. The number of nitrogens with one attached hydrogen (secondary N) is 1. The van der Waals surface area contributed by atoms with Gasteiger partial charge in [-0.05, 0) is 30.2 Å². The van der Waals surface area contributed by atoms with E-state index in [1.165, 1.54) is 4.90 Å². The van der Waals surface area contributed by atoms with Crippen LogP contribution in [-0.2, 0) is 16.0 Å². The van der Waals surface area contributed by atoms with Gasteiger partial charge in [0.2, 0.25) is 11.8 Å². The lowest BCUT2D eigenvalue weighted by Crippen LogP contribution is -2.35. The molecule has 5 nitrogen and oxygen atoms in total. The summed E-state index contributed by atoms with van der Waals surface area (Å²) in [7, 11) is 1.54. The molecule has 0 radical (unpaired) electrons. The SMILES string of the molecule is CN(CC(=O)Nc1c(Cl)cccc1Cl)C(=O)CCc1ccccc1O. The quantitative estimate of drug-likeness (QED) is 0.801.